The Labute approximate surface area is 147 Å². The molecule has 1 aliphatic carbocycles. The molecule has 2 aliphatic heterocycles. The second kappa shape index (κ2) is 5.68. The van der Waals surface area contributed by atoms with Crippen LogP contribution >= 0.6 is 0 Å². The Morgan fingerprint density at radius 1 is 1.32 bits per heavy atom. The molecule has 4 rings (SSSR count). The number of hydrogen-bond donors (Lipinski definition) is 1. The van der Waals surface area contributed by atoms with Crippen molar-refractivity contribution in [2.75, 3.05) is 31.1 Å². The summed E-state index contributed by atoms with van der Waals surface area (Å²) in [4.78, 5) is 37.3. The molecule has 0 radical (unpaired) electrons. The predicted molar refractivity (Wildman–Crippen MR) is 91.2 cm³/mol. The summed E-state index contributed by atoms with van der Waals surface area (Å²) in [5, 5.41) is 9.93. The molecule has 1 N–H and O–H groups in total. The van der Waals surface area contributed by atoms with E-state index in [1.807, 2.05) is 18.0 Å². The molecule has 1 aromatic rings. The number of aromatic nitrogens is 2. The molecule has 0 spiro atoms. The summed E-state index contributed by atoms with van der Waals surface area (Å²) in [6.45, 7) is 5.84. The highest BCUT2D eigenvalue weighted by Gasteiger charge is 2.59. The normalized spacial score (nSPS) is 28.3. The third kappa shape index (κ3) is 2.56. The van der Waals surface area contributed by atoms with Crippen molar-refractivity contribution in [1.29, 1.82) is 0 Å². The van der Waals surface area contributed by atoms with Gasteiger partial charge in [0.15, 0.2) is 0 Å². The number of aliphatic carboxylic acids is 1. The van der Waals surface area contributed by atoms with Crippen LogP contribution < -0.4 is 4.90 Å². The van der Waals surface area contributed by atoms with Gasteiger partial charge >= 0.3 is 5.97 Å². The third-order valence-electron chi connectivity index (χ3n) is 5.95. The van der Waals surface area contributed by atoms with Crippen LogP contribution in [0.4, 0.5) is 5.95 Å². The highest BCUT2D eigenvalue weighted by molar-refractivity contribution is 5.84. The van der Waals surface area contributed by atoms with Crippen molar-refractivity contribution in [3.63, 3.8) is 0 Å². The van der Waals surface area contributed by atoms with Crippen LogP contribution in [0.5, 0.6) is 0 Å². The quantitative estimate of drug-likeness (QED) is 0.880. The lowest BCUT2D eigenvalue weighted by Gasteiger charge is -2.25. The molecule has 7 heteroatoms. The SMILES string of the molecule is CCc1nc(N2C[C@H]3CN(C(=O)C4CC4)C[C@@]3(C(=O)O)C2)ncc1C. The van der Waals surface area contributed by atoms with Gasteiger partial charge in [-0.15, -0.1) is 0 Å². The first-order chi connectivity index (χ1) is 11.9. The average Bonchev–Trinajstić information content (AvgIpc) is 3.27. The molecule has 3 heterocycles. The van der Waals surface area contributed by atoms with E-state index in [0.717, 1.165) is 30.5 Å². The zero-order valence-corrected chi connectivity index (χ0v) is 14.7. The Morgan fingerprint density at radius 2 is 2.08 bits per heavy atom. The van der Waals surface area contributed by atoms with E-state index in [1.54, 1.807) is 4.90 Å². The molecule has 1 amide bonds. The number of aryl methyl sites for hydroxylation is 2. The van der Waals surface area contributed by atoms with E-state index in [-0.39, 0.29) is 17.7 Å². The van der Waals surface area contributed by atoms with Crippen molar-refractivity contribution in [3.05, 3.63) is 17.5 Å². The lowest BCUT2D eigenvalue weighted by atomic mass is 9.81. The molecule has 3 aliphatic rings. The first-order valence-corrected chi connectivity index (χ1v) is 9.04. The van der Waals surface area contributed by atoms with Crippen molar-refractivity contribution < 1.29 is 14.7 Å². The van der Waals surface area contributed by atoms with Crippen molar-refractivity contribution in [2.45, 2.75) is 33.1 Å². The van der Waals surface area contributed by atoms with Crippen molar-refractivity contribution in [3.8, 4) is 0 Å². The van der Waals surface area contributed by atoms with Crippen LogP contribution in [0.3, 0.4) is 0 Å². The predicted octanol–water partition coefficient (Wildman–Crippen LogP) is 1.11. The highest BCUT2D eigenvalue weighted by atomic mass is 16.4. The standard InChI is InChI=1S/C18H24N4O3/c1-3-14-11(2)6-19-17(20-14)22-8-13-7-21(15(23)12-4-5-12)9-18(13,10-22)16(24)25/h6,12-13H,3-5,7-10H2,1-2H3,(H,24,25)/t13-,18-/m1/s1. The van der Waals surface area contributed by atoms with Gasteiger partial charge in [-0.2, -0.15) is 0 Å². The van der Waals surface area contributed by atoms with Gasteiger partial charge in [0, 0.05) is 49.9 Å². The van der Waals surface area contributed by atoms with E-state index in [4.69, 9.17) is 0 Å². The van der Waals surface area contributed by atoms with Crippen LogP contribution in [0.1, 0.15) is 31.0 Å². The number of nitrogens with zero attached hydrogens (tertiary/aromatic N) is 4. The van der Waals surface area contributed by atoms with Gasteiger partial charge in [-0.1, -0.05) is 6.92 Å². The summed E-state index contributed by atoms with van der Waals surface area (Å²) in [6.07, 6.45) is 4.53. The number of carbonyl (C=O) groups excluding carboxylic acids is 1. The Morgan fingerprint density at radius 3 is 2.68 bits per heavy atom. The van der Waals surface area contributed by atoms with Crippen LogP contribution in [0, 0.1) is 24.2 Å². The largest absolute Gasteiger partial charge is 0.481 e. The third-order valence-corrected chi connectivity index (χ3v) is 5.95. The maximum Gasteiger partial charge on any atom is 0.313 e. The summed E-state index contributed by atoms with van der Waals surface area (Å²) in [5.41, 5.74) is 1.15. The van der Waals surface area contributed by atoms with Crippen molar-refractivity contribution in [1.82, 2.24) is 14.9 Å². The molecule has 134 valence electrons. The number of carboxylic acids is 1. The van der Waals surface area contributed by atoms with Crippen LogP contribution in [-0.4, -0.2) is 58.0 Å². The van der Waals surface area contributed by atoms with Gasteiger partial charge in [0.25, 0.3) is 0 Å². The topological polar surface area (TPSA) is 86.6 Å². The van der Waals surface area contributed by atoms with E-state index >= 15 is 0 Å². The van der Waals surface area contributed by atoms with Gasteiger partial charge in [-0.25, -0.2) is 9.97 Å². The zero-order chi connectivity index (χ0) is 17.8. The Balaban J connectivity index is 1.57. The molecular weight excluding hydrogens is 320 g/mol. The molecule has 0 unspecified atom stereocenters. The van der Waals surface area contributed by atoms with Gasteiger partial charge in [-0.3, -0.25) is 9.59 Å². The van der Waals surface area contributed by atoms with Crippen LogP contribution in [0.2, 0.25) is 0 Å². The lowest BCUT2D eigenvalue weighted by Crippen LogP contribution is -2.42. The number of anilines is 1. The van der Waals surface area contributed by atoms with E-state index in [2.05, 4.69) is 16.9 Å². The first kappa shape index (κ1) is 16.3. The molecule has 3 fully saturated rings. The number of carbonyl (C=O) groups is 2. The minimum Gasteiger partial charge on any atom is -0.481 e. The highest BCUT2D eigenvalue weighted by Crippen LogP contribution is 2.45. The molecule has 0 bridgehead atoms. The van der Waals surface area contributed by atoms with Gasteiger partial charge in [0.2, 0.25) is 11.9 Å². The Kier molecular flexibility index (Phi) is 3.70. The Hall–Kier alpha value is -2.18. The van der Waals surface area contributed by atoms with Crippen LogP contribution in [-0.2, 0) is 16.0 Å². The number of fused-ring (bicyclic) bond motifs is 1. The van der Waals surface area contributed by atoms with E-state index in [1.165, 1.54) is 0 Å². The number of hydrogen-bond acceptors (Lipinski definition) is 5. The number of likely N-dealkylation sites (tertiary alicyclic amines) is 1. The number of carboxylic acid groups (broad SMARTS) is 1. The molecule has 2 saturated heterocycles. The molecule has 1 aromatic heterocycles. The van der Waals surface area contributed by atoms with E-state index in [0.29, 0.717) is 32.1 Å². The average molecular weight is 344 g/mol. The van der Waals surface area contributed by atoms with Crippen LogP contribution in [0.25, 0.3) is 0 Å². The molecular formula is C18H24N4O3. The van der Waals surface area contributed by atoms with Crippen LogP contribution in [0.15, 0.2) is 6.20 Å². The zero-order valence-electron chi connectivity index (χ0n) is 14.7. The summed E-state index contributed by atoms with van der Waals surface area (Å²) >= 11 is 0. The summed E-state index contributed by atoms with van der Waals surface area (Å²) in [5.74, 6) is 0.00361. The summed E-state index contributed by atoms with van der Waals surface area (Å²) in [6, 6.07) is 0. The first-order valence-electron chi connectivity index (χ1n) is 9.04. The van der Waals surface area contributed by atoms with Crippen molar-refractivity contribution in [2.24, 2.45) is 17.3 Å². The molecule has 0 aromatic carbocycles. The molecule has 2 atom stereocenters. The van der Waals surface area contributed by atoms with Gasteiger partial charge < -0.3 is 14.9 Å². The van der Waals surface area contributed by atoms with E-state index < -0.39 is 11.4 Å². The summed E-state index contributed by atoms with van der Waals surface area (Å²) in [7, 11) is 0. The monoisotopic (exact) mass is 344 g/mol. The smallest absolute Gasteiger partial charge is 0.313 e. The maximum atomic E-state index is 12.4. The fourth-order valence-electron chi connectivity index (χ4n) is 4.25. The Bertz CT molecular complexity index is 733. The maximum absolute atomic E-state index is 12.4. The van der Waals surface area contributed by atoms with Gasteiger partial charge in [0.05, 0.1) is 0 Å². The lowest BCUT2D eigenvalue weighted by molar-refractivity contribution is -0.148. The second-order valence-electron chi connectivity index (χ2n) is 7.69. The molecule has 25 heavy (non-hydrogen) atoms. The fourth-order valence-corrected chi connectivity index (χ4v) is 4.25. The summed E-state index contributed by atoms with van der Waals surface area (Å²) < 4.78 is 0. The second-order valence-corrected chi connectivity index (χ2v) is 7.69. The minimum absolute atomic E-state index is 0.0670. The number of rotatable bonds is 4. The fraction of sp³-hybridized carbons (Fsp3) is 0.667. The molecule has 7 nitrogen and oxygen atoms in total. The van der Waals surface area contributed by atoms with Gasteiger partial charge in [-0.05, 0) is 31.7 Å². The van der Waals surface area contributed by atoms with Gasteiger partial charge in [0.1, 0.15) is 5.41 Å². The molecule has 1 saturated carbocycles. The minimum atomic E-state index is -0.898. The van der Waals surface area contributed by atoms with E-state index in [9.17, 15) is 14.7 Å². The van der Waals surface area contributed by atoms with Crippen molar-refractivity contribution >= 4 is 17.8 Å². The number of amides is 1.